The maximum Gasteiger partial charge on any atom is 0.236 e. The highest BCUT2D eigenvalue weighted by Crippen LogP contribution is 2.16. The molecule has 100 valence electrons. The topological polar surface area (TPSA) is 69.8 Å². The van der Waals surface area contributed by atoms with E-state index in [0.29, 0.717) is 19.6 Å². The molecule has 5 heteroatoms. The lowest BCUT2D eigenvalue weighted by Gasteiger charge is -2.34. The van der Waals surface area contributed by atoms with E-state index >= 15 is 0 Å². The first kappa shape index (κ1) is 14.4. The van der Waals surface area contributed by atoms with Gasteiger partial charge in [0.1, 0.15) is 0 Å². The second kappa shape index (κ2) is 7.63. The molecular weight excluding hydrogens is 218 g/mol. The maximum atomic E-state index is 11.9. The predicted molar refractivity (Wildman–Crippen MR) is 67.6 cm³/mol. The van der Waals surface area contributed by atoms with Crippen LogP contribution in [0.1, 0.15) is 25.7 Å². The minimum atomic E-state index is 0.124. The second-order valence-corrected chi connectivity index (χ2v) is 4.76. The first-order valence-corrected chi connectivity index (χ1v) is 6.48. The summed E-state index contributed by atoms with van der Waals surface area (Å²) in [7, 11) is 1.82. The summed E-state index contributed by atoms with van der Waals surface area (Å²) >= 11 is 0. The zero-order chi connectivity index (χ0) is 12.7. The number of likely N-dealkylation sites (N-methyl/N-ethyl adjacent to an activating group) is 1. The number of nitrogens with two attached hydrogens (primary N) is 1. The molecule has 0 aromatic carbocycles. The molecule has 0 aromatic rings. The number of aliphatic hydroxyl groups excluding tert-OH is 1. The Hall–Kier alpha value is -0.650. The molecule has 0 spiro atoms. The number of hydrogen-bond acceptors (Lipinski definition) is 4. The van der Waals surface area contributed by atoms with Crippen LogP contribution in [0.3, 0.4) is 0 Å². The molecule has 1 saturated heterocycles. The van der Waals surface area contributed by atoms with Crippen molar-refractivity contribution in [3.63, 3.8) is 0 Å². The third kappa shape index (κ3) is 4.61. The quantitative estimate of drug-likeness (QED) is 0.668. The number of amides is 1. The average molecular weight is 243 g/mol. The predicted octanol–water partition coefficient (Wildman–Crippen LogP) is -0.360. The smallest absolute Gasteiger partial charge is 0.236 e. The van der Waals surface area contributed by atoms with Crippen molar-refractivity contribution in [2.45, 2.75) is 31.7 Å². The molecule has 0 saturated carbocycles. The SMILES string of the molecule is CN(CCCN)C(=O)CN1CCCCC1CO. The van der Waals surface area contributed by atoms with Crippen molar-refractivity contribution < 1.29 is 9.90 Å². The fraction of sp³-hybridized carbons (Fsp3) is 0.917. The minimum Gasteiger partial charge on any atom is -0.395 e. The molecule has 3 N–H and O–H groups in total. The van der Waals surface area contributed by atoms with Crippen LogP contribution in [-0.4, -0.2) is 66.7 Å². The van der Waals surface area contributed by atoms with E-state index in [9.17, 15) is 9.90 Å². The summed E-state index contributed by atoms with van der Waals surface area (Å²) in [5.74, 6) is 0.124. The van der Waals surface area contributed by atoms with E-state index in [4.69, 9.17) is 5.73 Å². The summed E-state index contributed by atoms with van der Waals surface area (Å²) in [4.78, 5) is 15.8. The Balaban J connectivity index is 2.37. The fourth-order valence-corrected chi connectivity index (χ4v) is 2.22. The highest BCUT2D eigenvalue weighted by Gasteiger charge is 2.24. The van der Waals surface area contributed by atoms with Crippen LogP contribution in [0.2, 0.25) is 0 Å². The van der Waals surface area contributed by atoms with E-state index in [-0.39, 0.29) is 18.6 Å². The standard InChI is InChI=1S/C12H25N3O2/c1-14(7-4-6-13)12(17)9-15-8-3-2-5-11(15)10-16/h11,16H,2-10,13H2,1H3. The van der Waals surface area contributed by atoms with E-state index in [2.05, 4.69) is 4.90 Å². The number of hydrogen-bond donors (Lipinski definition) is 2. The Morgan fingerprint density at radius 3 is 2.94 bits per heavy atom. The summed E-state index contributed by atoms with van der Waals surface area (Å²) in [6.07, 6.45) is 4.11. The van der Waals surface area contributed by atoms with Crippen molar-refractivity contribution >= 4 is 5.91 Å². The van der Waals surface area contributed by atoms with Crippen molar-refractivity contribution in [1.29, 1.82) is 0 Å². The molecular formula is C12H25N3O2. The van der Waals surface area contributed by atoms with Crippen molar-refractivity contribution in [2.24, 2.45) is 5.73 Å². The molecule has 17 heavy (non-hydrogen) atoms. The summed E-state index contributed by atoms with van der Waals surface area (Å²) in [6.45, 7) is 2.82. The van der Waals surface area contributed by atoms with Crippen LogP contribution in [0.5, 0.6) is 0 Å². The zero-order valence-electron chi connectivity index (χ0n) is 10.8. The van der Waals surface area contributed by atoms with Gasteiger partial charge in [0, 0.05) is 19.6 Å². The number of likely N-dealkylation sites (tertiary alicyclic amines) is 1. The number of carbonyl (C=O) groups is 1. The Morgan fingerprint density at radius 2 is 2.29 bits per heavy atom. The molecule has 1 unspecified atom stereocenters. The van der Waals surface area contributed by atoms with Gasteiger partial charge in [-0.1, -0.05) is 6.42 Å². The maximum absolute atomic E-state index is 11.9. The minimum absolute atomic E-state index is 0.124. The van der Waals surface area contributed by atoms with Gasteiger partial charge in [-0.05, 0) is 32.4 Å². The van der Waals surface area contributed by atoms with Crippen LogP contribution in [-0.2, 0) is 4.79 Å². The number of aliphatic hydroxyl groups is 1. The van der Waals surface area contributed by atoms with Gasteiger partial charge >= 0.3 is 0 Å². The van der Waals surface area contributed by atoms with Crippen LogP contribution in [0.15, 0.2) is 0 Å². The van der Waals surface area contributed by atoms with Crippen molar-refractivity contribution in [1.82, 2.24) is 9.80 Å². The monoisotopic (exact) mass is 243 g/mol. The van der Waals surface area contributed by atoms with Crippen LogP contribution in [0.25, 0.3) is 0 Å². The van der Waals surface area contributed by atoms with Gasteiger partial charge in [0.15, 0.2) is 0 Å². The van der Waals surface area contributed by atoms with Crippen LogP contribution in [0, 0.1) is 0 Å². The van der Waals surface area contributed by atoms with Gasteiger partial charge in [-0.2, -0.15) is 0 Å². The fourth-order valence-electron chi connectivity index (χ4n) is 2.22. The summed E-state index contributed by atoms with van der Waals surface area (Å²) in [5.41, 5.74) is 5.42. The van der Waals surface area contributed by atoms with E-state index in [1.54, 1.807) is 4.90 Å². The molecule has 1 amide bonds. The Morgan fingerprint density at radius 1 is 1.53 bits per heavy atom. The van der Waals surface area contributed by atoms with Gasteiger partial charge in [-0.3, -0.25) is 9.69 Å². The Kier molecular flexibility index (Phi) is 6.47. The van der Waals surface area contributed by atoms with Crippen LogP contribution in [0.4, 0.5) is 0 Å². The Labute approximate surface area is 104 Å². The van der Waals surface area contributed by atoms with Crippen LogP contribution < -0.4 is 5.73 Å². The lowest BCUT2D eigenvalue weighted by atomic mass is 10.0. The molecule has 1 atom stereocenters. The first-order chi connectivity index (χ1) is 8.19. The van der Waals surface area contributed by atoms with E-state index in [1.165, 1.54) is 0 Å². The molecule has 1 heterocycles. The normalized spacial score (nSPS) is 21.5. The van der Waals surface area contributed by atoms with E-state index in [1.807, 2.05) is 7.05 Å². The number of piperidine rings is 1. The summed E-state index contributed by atoms with van der Waals surface area (Å²) < 4.78 is 0. The molecule has 0 radical (unpaired) electrons. The average Bonchev–Trinajstić information content (AvgIpc) is 2.36. The molecule has 5 nitrogen and oxygen atoms in total. The summed E-state index contributed by atoms with van der Waals surface area (Å²) in [5, 5.41) is 9.27. The highest BCUT2D eigenvalue weighted by atomic mass is 16.3. The van der Waals surface area contributed by atoms with Crippen molar-refractivity contribution in [3.05, 3.63) is 0 Å². The Bertz CT molecular complexity index is 236. The lowest BCUT2D eigenvalue weighted by Crippen LogP contribution is -2.47. The van der Waals surface area contributed by atoms with E-state index in [0.717, 1.165) is 32.2 Å². The van der Waals surface area contributed by atoms with Crippen LogP contribution >= 0.6 is 0 Å². The zero-order valence-corrected chi connectivity index (χ0v) is 10.8. The van der Waals surface area contributed by atoms with Gasteiger partial charge < -0.3 is 15.7 Å². The number of carbonyl (C=O) groups excluding carboxylic acids is 1. The highest BCUT2D eigenvalue weighted by molar-refractivity contribution is 5.78. The number of nitrogens with zero attached hydrogens (tertiary/aromatic N) is 2. The lowest BCUT2D eigenvalue weighted by molar-refractivity contribution is -0.132. The van der Waals surface area contributed by atoms with Crippen molar-refractivity contribution in [2.75, 3.05) is 39.8 Å². The number of rotatable bonds is 6. The molecule has 0 aromatic heterocycles. The van der Waals surface area contributed by atoms with Gasteiger partial charge in [-0.25, -0.2) is 0 Å². The second-order valence-electron chi connectivity index (χ2n) is 4.76. The molecule has 0 aliphatic carbocycles. The van der Waals surface area contributed by atoms with Gasteiger partial charge in [0.2, 0.25) is 5.91 Å². The van der Waals surface area contributed by atoms with Gasteiger partial charge in [0.25, 0.3) is 0 Å². The molecule has 1 fully saturated rings. The van der Waals surface area contributed by atoms with Gasteiger partial charge in [-0.15, -0.1) is 0 Å². The molecule has 1 rings (SSSR count). The molecule has 0 bridgehead atoms. The largest absolute Gasteiger partial charge is 0.395 e. The summed E-state index contributed by atoms with van der Waals surface area (Å²) in [6, 6.07) is 0.163. The third-order valence-electron chi connectivity index (χ3n) is 3.42. The van der Waals surface area contributed by atoms with Crippen molar-refractivity contribution in [3.8, 4) is 0 Å². The first-order valence-electron chi connectivity index (χ1n) is 6.48. The molecule has 1 aliphatic heterocycles. The van der Waals surface area contributed by atoms with E-state index < -0.39 is 0 Å². The third-order valence-corrected chi connectivity index (χ3v) is 3.42. The van der Waals surface area contributed by atoms with Gasteiger partial charge in [0.05, 0.1) is 13.2 Å². The molecule has 1 aliphatic rings.